The van der Waals surface area contributed by atoms with Gasteiger partial charge in [-0.1, -0.05) is 0 Å². The van der Waals surface area contributed by atoms with Gasteiger partial charge < -0.3 is 4.74 Å². The van der Waals surface area contributed by atoms with Gasteiger partial charge in [0.05, 0.1) is 11.6 Å². The summed E-state index contributed by atoms with van der Waals surface area (Å²) in [6.07, 6.45) is 0. The van der Waals surface area contributed by atoms with E-state index in [9.17, 15) is 4.79 Å². The molecular formula is C10H8NO2. The summed E-state index contributed by atoms with van der Waals surface area (Å²) >= 11 is 0. The largest absolute Gasteiger partial charge is 0.427 e. The summed E-state index contributed by atoms with van der Waals surface area (Å²) in [5.41, 5.74) is 1.08. The quantitative estimate of drug-likeness (QED) is 0.480. The van der Waals surface area contributed by atoms with Gasteiger partial charge in [-0.15, -0.1) is 0 Å². The Hall–Kier alpha value is -1.82. The Bertz CT molecular complexity index is 377. The zero-order valence-electron chi connectivity index (χ0n) is 7.20. The van der Waals surface area contributed by atoms with E-state index in [0.29, 0.717) is 16.9 Å². The van der Waals surface area contributed by atoms with Gasteiger partial charge in [0.25, 0.3) is 0 Å². The van der Waals surface area contributed by atoms with E-state index >= 15 is 0 Å². The molecule has 0 aliphatic rings. The molecule has 0 saturated heterocycles. The lowest BCUT2D eigenvalue weighted by Gasteiger charge is -2.02. The van der Waals surface area contributed by atoms with Gasteiger partial charge in [0.15, 0.2) is 0 Å². The van der Waals surface area contributed by atoms with Gasteiger partial charge >= 0.3 is 5.97 Å². The van der Waals surface area contributed by atoms with Crippen molar-refractivity contribution in [2.45, 2.75) is 6.92 Å². The second kappa shape index (κ2) is 3.72. The fraction of sp³-hybridized carbons (Fsp3) is 0.100. The summed E-state index contributed by atoms with van der Waals surface area (Å²) in [6, 6.07) is 6.66. The predicted molar refractivity (Wildman–Crippen MR) is 46.9 cm³/mol. The smallest absolute Gasteiger partial charge is 0.308 e. The van der Waals surface area contributed by atoms with Gasteiger partial charge in [-0.2, -0.15) is 5.26 Å². The molecule has 0 N–H and O–H groups in total. The van der Waals surface area contributed by atoms with Crippen LogP contribution < -0.4 is 4.74 Å². The minimum absolute atomic E-state index is 0.358. The highest BCUT2D eigenvalue weighted by molar-refractivity contribution is 5.69. The highest BCUT2D eigenvalue weighted by Crippen LogP contribution is 2.16. The highest BCUT2D eigenvalue weighted by atomic mass is 16.5. The summed E-state index contributed by atoms with van der Waals surface area (Å²) in [6.45, 7) is 4.96. The molecule has 0 fully saturated rings. The molecule has 0 heterocycles. The van der Waals surface area contributed by atoms with Crippen LogP contribution in [0.15, 0.2) is 18.2 Å². The molecule has 1 rings (SSSR count). The summed E-state index contributed by atoms with van der Waals surface area (Å²) in [4.78, 5) is 10.6. The van der Waals surface area contributed by atoms with Crippen LogP contribution in [0, 0.1) is 18.3 Å². The Morgan fingerprint density at radius 2 is 2.23 bits per heavy atom. The molecule has 0 saturated carbocycles. The van der Waals surface area contributed by atoms with E-state index in [0.717, 1.165) is 0 Å². The topological polar surface area (TPSA) is 50.1 Å². The van der Waals surface area contributed by atoms with Crippen LogP contribution in [-0.4, -0.2) is 5.97 Å². The second-order valence-corrected chi connectivity index (χ2v) is 2.57. The maximum Gasteiger partial charge on any atom is 0.308 e. The van der Waals surface area contributed by atoms with E-state index in [1.54, 1.807) is 12.1 Å². The number of benzene rings is 1. The third kappa shape index (κ3) is 2.60. The number of hydrogen-bond acceptors (Lipinski definition) is 3. The molecule has 0 atom stereocenters. The van der Waals surface area contributed by atoms with Crippen molar-refractivity contribution in [3.05, 3.63) is 36.2 Å². The van der Waals surface area contributed by atoms with E-state index in [4.69, 9.17) is 10.00 Å². The van der Waals surface area contributed by atoms with E-state index in [-0.39, 0.29) is 0 Å². The van der Waals surface area contributed by atoms with E-state index in [1.807, 2.05) is 6.07 Å². The summed E-state index contributed by atoms with van der Waals surface area (Å²) in [7, 11) is 0. The molecular weight excluding hydrogens is 166 g/mol. The SMILES string of the molecule is [CH2]c1cc(C#N)cc(OC(C)=O)c1. The number of rotatable bonds is 1. The molecule has 0 aliphatic heterocycles. The Labute approximate surface area is 76.6 Å². The van der Waals surface area contributed by atoms with Crippen molar-refractivity contribution in [2.75, 3.05) is 0 Å². The van der Waals surface area contributed by atoms with Crippen molar-refractivity contribution in [1.82, 2.24) is 0 Å². The number of carbonyl (C=O) groups is 1. The van der Waals surface area contributed by atoms with Crippen LogP contribution in [-0.2, 0) is 4.79 Å². The van der Waals surface area contributed by atoms with Gasteiger partial charge in [0, 0.05) is 6.92 Å². The average molecular weight is 174 g/mol. The third-order valence-electron chi connectivity index (χ3n) is 1.36. The summed E-state index contributed by atoms with van der Waals surface area (Å²) in [5.74, 6) is -0.0500. The zero-order valence-corrected chi connectivity index (χ0v) is 7.20. The first-order valence-corrected chi connectivity index (χ1v) is 3.67. The Kier molecular flexibility index (Phi) is 2.65. The van der Waals surface area contributed by atoms with Crippen molar-refractivity contribution < 1.29 is 9.53 Å². The number of carbonyl (C=O) groups excluding carboxylic acids is 1. The van der Waals surface area contributed by atoms with Gasteiger partial charge in [-0.3, -0.25) is 4.79 Å². The molecule has 3 nitrogen and oxygen atoms in total. The van der Waals surface area contributed by atoms with E-state index < -0.39 is 5.97 Å². The number of nitrogens with zero attached hydrogens (tertiary/aromatic N) is 1. The number of hydrogen-bond donors (Lipinski definition) is 0. The Morgan fingerprint density at radius 1 is 1.54 bits per heavy atom. The maximum atomic E-state index is 10.6. The number of ether oxygens (including phenoxy) is 1. The Morgan fingerprint density at radius 3 is 2.77 bits per heavy atom. The standard InChI is InChI=1S/C10H8NO2/c1-7-3-9(6-11)5-10(4-7)13-8(2)12/h3-5H,1H2,2H3. The summed E-state index contributed by atoms with van der Waals surface area (Å²) < 4.78 is 4.81. The Balaban J connectivity index is 3.03. The maximum absolute atomic E-state index is 10.6. The van der Waals surface area contributed by atoms with Crippen LogP contribution in [0.3, 0.4) is 0 Å². The number of nitriles is 1. The summed E-state index contributed by atoms with van der Waals surface area (Å²) in [5, 5.41) is 8.60. The van der Waals surface area contributed by atoms with Gasteiger partial charge in [0.2, 0.25) is 0 Å². The molecule has 1 radical (unpaired) electrons. The normalized spacial score (nSPS) is 9.00. The van der Waals surface area contributed by atoms with Crippen LogP contribution in [0.2, 0.25) is 0 Å². The van der Waals surface area contributed by atoms with Crippen LogP contribution >= 0.6 is 0 Å². The molecule has 0 spiro atoms. The molecule has 1 aromatic rings. The minimum atomic E-state index is -0.408. The van der Waals surface area contributed by atoms with Crippen LogP contribution in [0.25, 0.3) is 0 Å². The molecule has 0 unspecified atom stereocenters. The minimum Gasteiger partial charge on any atom is -0.427 e. The van der Waals surface area contributed by atoms with E-state index in [1.165, 1.54) is 13.0 Å². The fourth-order valence-electron chi connectivity index (χ4n) is 0.950. The molecule has 0 bridgehead atoms. The van der Waals surface area contributed by atoms with E-state index in [2.05, 4.69) is 6.92 Å². The zero-order chi connectivity index (χ0) is 9.84. The van der Waals surface area contributed by atoms with Gasteiger partial charge in [-0.05, 0) is 30.7 Å². The lowest BCUT2D eigenvalue weighted by molar-refractivity contribution is -0.131. The highest BCUT2D eigenvalue weighted by Gasteiger charge is 2.01. The van der Waals surface area contributed by atoms with Gasteiger partial charge in [0.1, 0.15) is 5.75 Å². The van der Waals surface area contributed by atoms with Gasteiger partial charge in [-0.25, -0.2) is 0 Å². The average Bonchev–Trinajstić information content (AvgIpc) is 2.01. The lowest BCUT2D eigenvalue weighted by atomic mass is 10.1. The van der Waals surface area contributed by atoms with Crippen molar-refractivity contribution >= 4 is 5.97 Å². The molecule has 0 aromatic heterocycles. The van der Waals surface area contributed by atoms with Crippen molar-refractivity contribution in [1.29, 1.82) is 5.26 Å². The first-order valence-electron chi connectivity index (χ1n) is 3.67. The molecule has 13 heavy (non-hydrogen) atoms. The van der Waals surface area contributed by atoms with Crippen LogP contribution in [0.4, 0.5) is 0 Å². The van der Waals surface area contributed by atoms with Crippen molar-refractivity contribution in [2.24, 2.45) is 0 Å². The van der Waals surface area contributed by atoms with Crippen LogP contribution in [0.5, 0.6) is 5.75 Å². The van der Waals surface area contributed by atoms with Crippen LogP contribution in [0.1, 0.15) is 18.1 Å². The predicted octanol–water partition coefficient (Wildman–Crippen LogP) is 1.67. The molecule has 0 aliphatic carbocycles. The first-order chi connectivity index (χ1) is 6.11. The third-order valence-corrected chi connectivity index (χ3v) is 1.36. The molecule has 0 amide bonds. The molecule has 1 aromatic carbocycles. The lowest BCUT2D eigenvalue weighted by Crippen LogP contribution is -2.01. The number of esters is 1. The van der Waals surface area contributed by atoms with Crippen molar-refractivity contribution in [3.63, 3.8) is 0 Å². The van der Waals surface area contributed by atoms with Crippen molar-refractivity contribution in [3.8, 4) is 11.8 Å². The monoisotopic (exact) mass is 174 g/mol. The first kappa shape index (κ1) is 9.27. The fourth-order valence-corrected chi connectivity index (χ4v) is 0.950. The molecule has 65 valence electrons. The molecule has 3 heteroatoms. The second-order valence-electron chi connectivity index (χ2n) is 2.57.